The highest BCUT2D eigenvalue weighted by Gasteiger charge is 2.41. The van der Waals surface area contributed by atoms with Crippen molar-refractivity contribution in [2.75, 3.05) is 25.5 Å². The van der Waals surface area contributed by atoms with Crippen molar-refractivity contribution in [2.24, 2.45) is 11.8 Å². The number of carbonyl (C=O) groups is 2. The molecule has 2 N–H and O–H groups in total. The summed E-state index contributed by atoms with van der Waals surface area (Å²) in [4.78, 5) is 36.9. The summed E-state index contributed by atoms with van der Waals surface area (Å²) in [6.45, 7) is 3.05. The second-order valence-corrected chi connectivity index (χ2v) is 10.7. The van der Waals surface area contributed by atoms with Gasteiger partial charge >= 0.3 is 0 Å². The van der Waals surface area contributed by atoms with Crippen LogP contribution in [0.3, 0.4) is 0 Å². The Morgan fingerprint density at radius 2 is 2.10 bits per heavy atom. The average molecular weight is 544 g/mol. The van der Waals surface area contributed by atoms with Gasteiger partial charge in [0.2, 0.25) is 11.8 Å². The fourth-order valence-corrected chi connectivity index (χ4v) is 5.69. The molecule has 0 radical (unpaired) electrons. The number of anilines is 1. The number of halogens is 2. The number of imidazole rings is 1. The molecule has 1 saturated heterocycles. The van der Waals surface area contributed by atoms with Crippen LogP contribution >= 0.6 is 0 Å². The van der Waals surface area contributed by atoms with Crippen LogP contribution in [-0.2, 0) is 17.8 Å². The minimum absolute atomic E-state index is 0.00602. The molecular weight excluding hydrogens is 508 g/mol. The van der Waals surface area contributed by atoms with Crippen LogP contribution in [0.1, 0.15) is 73.4 Å². The van der Waals surface area contributed by atoms with Crippen LogP contribution in [0.2, 0.25) is 0 Å². The number of aryl methyl sites for hydroxylation is 1. The number of hydrogen-bond acceptors (Lipinski definition) is 7. The Morgan fingerprint density at radius 1 is 1.28 bits per heavy atom. The predicted octanol–water partition coefficient (Wildman–Crippen LogP) is 2.77. The first kappa shape index (κ1) is 26.9. The Bertz CT molecular complexity index is 1350. The van der Waals surface area contributed by atoms with Gasteiger partial charge in [-0.25, -0.2) is 18.3 Å². The fraction of sp³-hybridized carbons (Fsp3) is 0.615. The van der Waals surface area contributed by atoms with Crippen molar-refractivity contribution < 1.29 is 18.4 Å². The molecule has 4 heterocycles. The molecule has 3 aromatic rings. The number of fused-ring (bicyclic) bond motifs is 1. The molecule has 210 valence electrons. The van der Waals surface area contributed by atoms with Crippen LogP contribution in [0.15, 0.2) is 18.5 Å². The van der Waals surface area contributed by atoms with Crippen molar-refractivity contribution in [1.82, 2.24) is 40.0 Å². The van der Waals surface area contributed by atoms with Gasteiger partial charge in [-0.15, -0.1) is 0 Å². The number of piperidine rings is 1. The summed E-state index contributed by atoms with van der Waals surface area (Å²) in [5.41, 5.74) is 1.43. The third kappa shape index (κ3) is 5.71. The number of carbonyl (C=O) groups excluding carboxylic acids is 2. The molecule has 3 aromatic heterocycles. The van der Waals surface area contributed by atoms with Crippen molar-refractivity contribution in [2.45, 2.75) is 70.4 Å². The van der Waals surface area contributed by atoms with Crippen LogP contribution in [0.25, 0.3) is 5.78 Å². The molecule has 2 aliphatic rings. The highest BCUT2D eigenvalue weighted by Crippen LogP contribution is 2.42. The van der Waals surface area contributed by atoms with Gasteiger partial charge < -0.3 is 15.5 Å². The van der Waals surface area contributed by atoms with Gasteiger partial charge in [-0.05, 0) is 44.6 Å². The molecule has 0 spiro atoms. The molecule has 5 rings (SSSR count). The van der Waals surface area contributed by atoms with E-state index in [1.165, 1.54) is 10.7 Å². The van der Waals surface area contributed by atoms with Crippen molar-refractivity contribution in [3.05, 3.63) is 35.5 Å². The summed E-state index contributed by atoms with van der Waals surface area (Å²) < 4.78 is 32.1. The number of aromatic nitrogens is 6. The lowest BCUT2D eigenvalue weighted by molar-refractivity contribution is -0.126. The topological polar surface area (TPSA) is 122 Å². The van der Waals surface area contributed by atoms with Gasteiger partial charge in [-0.1, -0.05) is 0 Å². The summed E-state index contributed by atoms with van der Waals surface area (Å²) in [5.74, 6) is -3.03. The molecule has 1 saturated carbocycles. The van der Waals surface area contributed by atoms with Crippen molar-refractivity contribution in [3.8, 4) is 0 Å². The van der Waals surface area contributed by atoms with Crippen LogP contribution in [-0.4, -0.2) is 67.7 Å². The second kappa shape index (κ2) is 10.9. The summed E-state index contributed by atoms with van der Waals surface area (Å²) in [6.07, 6.45) is 5.68. The van der Waals surface area contributed by atoms with Gasteiger partial charge in [-0.3, -0.25) is 14.3 Å². The Balaban J connectivity index is 1.51. The van der Waals surface area contributed by atoms with Crippen LogP contribution in [0.4, 0.5) is 14.6 Å². The third-order valence-electron chi connectivity index (χ3n) is 7.65. The van der Waals surface area contributed by atoms with E-state index >= 15 is 0 Å². The van der Waals surface area contributed by atoms with E-state index < -0.39 is 23.8 Å². The lowest BCUT2D eigenvalue weighted by Gasteiger charge is -2.34. The number of amides is 2. The first-order valence-electron chi connectivity index (χ1n) is 13.6. The molecule has 1 aliphatic heterocycles. The van der Waals surface area contributed by atoms with E-state index in [0.29, 0.717) is 61.0 Å². The SMILES string of the molecule is CCn1nccc1C(=O)NC(c1cn2nc(CC3CCCNC3=O)c(N(C)C)nc2n1)C1CCCC(F)(F)C1. The fourth-order valence-electron chi connectivity index (χ4n) is 5.69. The van der Waals surface area contributed by atoms with Crippen LogP contribution in [0, 0.1) is 11.8 Å². The molecule has 0 aromatic carbocycles. The highest BCUT2D eigenvalue weighted by atomic mass is 19.3. The van der Waals surface area contributed by atoms with E-state index in [0.717, 1.165) is 12.8 Å². The number of nitrogens with one attached hydrogen (secondary N) is 2. The summed E-state index contributed by atoms with van der Waals surface area (Å²) >= 11 is 0. The smallest absolute Gasteiger partial charge is 0.270 e. The predicted molar refractivity (Wildman–Crippen MR) is 140 cm³/mol. The van der Waals surface area contributed by atoms with E-state index in [9.17, 15) is 18.4 Å². The zero-order valence-electron chi connectivity index (χ0n) is 22.5. The number of nitrogens with zero attached hydrogens (tertiary/aromatic N) is 7. The second-order valence-electron chi connectivity index (χ2n) is 10.7. The van der Waals surface area contributed by atoms with Crippen molar-refractivity contribution in [1.29, 1.82) is 0 Å². The standard InChI is InChI=1S/C26H35F2N9O2/c1-4-36-20(9-12-30-36)24(39)32-21(17-7-5-10-26(27,28)14-17)19-15-37-25(31-19)33-22(35(2)3)18(34-37)13-16-8-6-11-29-23(16)38/h9,12,15-17,21H,4-8,10-11,13-14H2,1-3H3,(H,29,38)(H,32,39). The summed E-state index contributed by atoms with van der Waals surface area (Å²) in [5, 5.41) is 14.8. The Hall–Kier alpha value is -3.64. The molecule has 1 aliphatic carbocycles. The van der Waals surface area contributed by atoms with E-state index in [1.54, 1.807) is 16.9 Å². The van der Waals surface area contributed by atoms with Crippen LogP contribution in [0.5, 0.6) is 0 Å². The molecular formula is C26H35F2N9O2. The Morgan fingerprint density at radius 3 is 2.82 bits per heavy atom. The molecule has 2 amide bonds. The van der Waals surface area contributed by atoms with Crippen molar-refractivity contribution in [3.63, 3.8) is 0 Å². The maximum absolute atomic E-state index is 14.5. The summed E-state index contributed by atoms with van der Waals surface area (Å²) in [6, 6.07) is 0.845. The zero-order chi connectivity index (χ0) is 27.7. The van der Waals surface area contributed by atoms with Gasteiger partial charge in [-0.2, -0.15) is 15.2 Å². The van der Waals surface area contributed by atoms with Crippen molar-refractivity contribution >= 4 is 23.4 Å². The molecule has 13 heteroatoms. The average Bonchev–Trinajstić information content (AvgIpc) is 3.54. The minimum atomic E-state index is -2.81. The molecule has 3 atom stereocenters. The maximum atomic E-state index is 14.5. The lowest BCUT2D eigenvalue weighted by atomic mass is 9.80. The monoisotopic (exact) mass is 543 g/mol. The van der Waals surface area contributed by atoms with Gasteiger partial charge in [0.05, 0.1) is 17.9 Å². The highest BCUT2D eigenvalue weighted by molar-refractivity contribution is 5.92. The van der Waals surface area contributed by atoms with E-state index in [4.69, 9.17) is 10.1 Å². The van der Waals surface area contributed by atoms with Gasteiger partial charge in [0, 0.05) is 58.6 Å². The molecule has 39 heavy (non-hydrogen) atoms. The quantitative estimate of drug-likeness (QED) is 0.448. The zero-order valence-corrected chi connectivity index (χ0v) is 22.5. The van der Waals surface area contributed by atoms with Gasteiger partial charge in [0.15, 0.2) is 5.82 Å². The first-order valence-corrected chi connectivity index (χ1v) is 13.6. The summed E-state index contributed by atoms with van der Waals surface area (Å²) in [7, 11) is 3.69. The van der Waals surface area contributed by atoms with Crippen LogP contribution < -0.4 is 15.5 Å². The number of hydrogen-bond donors (Lipinski definition) is 2. The molecule has 2 fully saturated rings. The van der Waals surface area contributed by atoms with E-state index in [1.807, 2.05) is 25.9 Å². The molecule has 0 bridgehead atoms. The molecule has 11 nitrogen and oxygen atoms in total. The van der Waals surface area contributed by atoms with E-state index in [-0.39, 0.29) is 24.7 Å². The minimum Gasteiger partial charge on any atom is -0.361 e. The Labute approximate surface area is 225 Å². The largest absolute Gasteiger partial charge is 0.361 e. The third-order valence-corrected chi connectivity index (χ3v) is 7.65. The lowest BCUT2D eigenvalue weighted by Crippen LogP contribution is -2.39. The first-order chi connectivity index (χ1) is 18.6. The number of alkyl halides is 2. The number of rotatable bonds is 8. The molecule has 3 unspecified atom stereocenters. The Kier molecular flexibility index (Phi) is 7.50. The normalized spacial score (nSPS) is 21.9. The van der Waals surface area contributed by atoms with Gasteiger partial charge in [0.1, 0.15) is 11.4 Å². The van der Waals surface area contributed by atoms with E-state index in [2.05, 4.69) is 20.7 Å². The van der Waals surface area contributed by atoms with Gasteiger partial charge in [0.25, 0.3) is 11.7 Å². The maximum Gasteiger partial charge on any atom is 0.270 e.